The van der Waals surface area contributed by atoms with Crippen LogP contribution in [-0.4, -0.2) is 53.1 Å². The van der Waals surface area contributed by atoms with Crippen molar-refractivity contribution in [2.45, 2.75) is 25.9 Å². The molecule has 1 aromatic rings. The molecule has 1 aliphatic rings. The maximum atomic E-state index is 8.85. The molecule has 1 aliphatic heterocycles. The zero-order valence-electron chi connectivity index (χ0n) is 11.2. The number of rotatable bonds is 6. The van der Waals surface area contributed by atoms with E-state index >= 15 is 0 Å². The van der Waals surface area contributed by atoms with Crippen molar-refractivity contribution in [3.63, 3.8) is 0 Å². The lowest BCUT2D eigenvalue weighted by Gasteiger charge is -2.27. The number of aliphatic hydroxyl groups is 1. The highest BCUT2D eigenvalue weighted by Crippen LogP contribution is 2.14. The minimum Gasteiger partial charge on any atom is -0.394 e. The molecule has 2 N–H and O–H groups in total. The van der Waals surface area contributed by atoms with Crippen LogP contribution in [0.25, 0.3) is 0 Å². The summed E-state index contributed by atoms with van der Waals surface area (Å²) in [6, 6.07) is 0. The van der Waals surface area contributed by atoms with Gasteiger partial charge in [0.1, 0.15) is 0 Å². The lowest BCUT2D eigenvalue weighted by atomic mass is 9.97. The SMILES string of the molecule is CN(Cc1cnn(CCO)c1)CC1CCNCC1. The molecule has 5 heteroatoms. The molecule has 0 bridgehead atoms. The van der Waals surface area contributed by atoms with Gasteiger partial charge in [0, 0.05) is 24.8 Å². The Labute approximate surface area is 109 Å². The predicted molar refractivity (Wildman–Crippen MR) is 71.2 cm³/mol. The van der Waals surface area contributed by atoms with Crippen molar-refractivity contribution in [1.82, 2.24) is 20.0 Å². The van der Waals surface area contributed by atoms with Gasteiger partial charge in [0.2, 0.25) is 0 Å². The Bertz CT molecular complexity index is 347. The van der Waals surface area contributed by atoms with E-state index in [4.69, 9.17) is 5.11 Å². The first-order valence-electron chi connectivity index (χ1n) is 6.79. The number of hydrogen-bond acceptors (Lipinski definition) is 4. The Morgan fingerprint density at radius 1 is 1.50 bits per heavy atom. The fourth-order valence-electron chi connectivity index (χ4n) is 2.59. The van der Waals surface area contributed by atoms with Crippen molar-refractivity contribution in [3.05, 3.63) is 18.0 Å². The third-order valence-electron chi connectivity index (χ3n) is 3.50. The molecule has 0 aliphatic carbocycles. The first-order chi connectivity index (χ1) is 8.78. The molecule has 0 saturated carbocycles. The van der Waals surface area contributed by atoms with E-state index in [1.165, 1.54) is 18.4 Å². The van der Waals surface area contributed by atoms with E-state index in [2.05, 4.69) is 22.4 Å². The minimum absolute atomic E-state index is 0.145. The Hall–Kier alpha value is -0.910. The smallest absolute Gasteiger partial charge is 0.0640 e. The summed E-state index contributed by atoms with van der Waals surface area (Å²) >= 11 is 0. The van der Waals surface area contributed by atoms with Crippen molar-refractivity contribution < 1.29 is 5.11 Å². The second kappa shape index (κ2) is 6.87. The molecule has 0 atom stereocenters. The molecule has 102 valence electrons. The van der Waals surface area contributed by atoms with Crippen LogP contribution in [0.3, 0.4) is 0 Å². The molecule has 0 spiro atoms. The average Bonchev–Trinajstić information content (AvgIpc) is 2.78. The average molecular weight is 252 g/mol. The first kappa shape index (κ1) is 13.5. The molecule has 1 fully saturated rings. The third-order valence-corrected chi connectivity index (χ3v) is 3.50. The summed E-state index contributed by atoms with van der Waals surface area (Å²) in [5.74, 6) is 0.823. The lowest BCUT2D eigenvalue weighted by Crippen LogP contribution is -2.34. The number of hydrogen-bond donors (Lipinski definition) is 2. The second-order valence-corrected chi connectivity index (χ2v) is 5.23. The van der Waals surface area contributed by atoms with Crippen molar-refractivity contribution in [1.29, 1.82) is 0 Å². The monoisotopic (exact) mass is 252 g/mol. The quantitative estimate of drug-likeness (QED) is 0.765. The largest absolute Gasteiger partial charge is 0.394 e. The van der Waals surface area contributed by atoms with Gasteiger partial charge in [0.15, 0.2) is 0 Å². The molecular weight excluding hydrogens is 228 g/mol. The highest BCUT2D eigenvalue weighted by atomic mass is 16.3. The summed E-state index contributed by atoms with van der Waals surface area (Å²) in [4.78, 5) is 2.37. The molecule has 0 aromatic carbocycles. The van der Waals surface area contributed by atoms with E-state index in [0.717, 1.165) is 32.1 Å². The van der Waals surface area contributed by atoms with Gasteiger partial charge in [-0.15, -0.1) is 0 Å². The van der Waals surface area contributed by atoms with Gasteiger partial charge in [-0.25, -0.2) is 0 Å². The second-order valence-electron chi connectivity index (χ2n) is 5.23. The zero-order valence-corrected chi connectivity index (χ0v) is 11.2. The van der Waals surface area contributed by atoms with Gasteiger partial charge in [0.05, 0.1) is 19.3 Å². The van der Waals surface area contributed by atoms with Gasteiger partial charge < -0.3 is 15.3 Å². The van der Waals surface area contributed by atoms with Crippen molar-refractivity contribution >= 4 is 0 Å². The van der Waals surface area contributed by atoms with E-state index in [-0.39, 0.29) is 6.61 Å². The Morgan fingerprint density at radius 2 is 2.28 bits per heavy atom. The van der Waals surface area contributed by atoms with Gasteiger partial charge in [-0.3, -0.25) is 4.68 Å². The molecule has 0 radical (unpaired) electrons. The van der Waals surface area contributed by atoms with Crippen LogP contribution in [0.15, 0.2) is 12.4 Å². The van der Waals surface area contributed by atoms with E-state index in [9.17, 15) is 0 Å². The Kier molecular flexibility index (Phi) is 5.16. The predicted octanol–water partition coefficient (Wildman–Crippen LogP) is 0.307. The van der Waals surface area contributed by atoms with Crippen LogP contribution >= 0.6 is 0 Å². The van der Waals surface area contributed by atoms with Gasteiger partial charge in [-0.2, -0.15) is 5.10 Å². The Morgan fingerprint density at radius 3 is 3.00 bits per heavy atom. The topological polar surface area (TPSA) is 53.3 Å². The molecule has 1 saturated heterocycles. The van der Waals surface area contributed by atoms with Crippen molar-refractivity contribution in [2.75, 3.05) is 33.3 Å². The van der Waals surface area contributed by atoms with Crippen LogP contribution in [0.5, 0.6) is 0 Å². The highest BCUT2D eigenvalue weighted by molar-refractivity contribution is 5.03. The molecule has 0 unspecified atom stereocenters. The van der Waals surface area contributed by atoms with E-state index in [1.807, 2.05) is 12.4 Å². The van der Waals surface area contributed by atoms with Crippen LogP contribution in [0.2, 0.25) is 0 Å². The molecule has 5 nitrogen and oxygen atoms in total. The zero-order chi connectivity index (χ0) is 12.8. The van der Waals surface area contributed by atoms with E-state index in [0.29, 0.717) is 6.54 Å². The summed E-state index contributed by atoms with van der Waals surface area (Å²) in [6.45, 7) is 5.14. The number of piperidine rings is 1. The maximum absolute atomic E-state index is 8.85. The first-order valence-corrected chi connectivity index (χ1v) is 6.79. The maximum Gasteiger partial charge on any atom is 0.0640 e. The van der Waals surface area contributed by atoms with E-state index < -0.39 is 0 Å². The van der Waals surface area contributed by atoms with E-state index in [1.54, 1.807) is 4.68 Å². The van der Waals surface area contributed by atoms with Crippen molar-refractivity contribution in [2.24, 2.45) is 5.92 Å². The molecule has 2 heterocycles. The number of aromatic nitrogens is 2. The molecule has 18 heavy (non-hydrogen) atoms. The fraction of sp³-hybridized carbons (Fsp3) is 0.769. The number of nitrogens with zero attached hydrogens (tertiary/aromatic N) is 3. The number of nitrogens with one attached hydrogen (secondary N) is 1. The fourth-order valence-corrected chi connectivity index (χ4v) is 2.59. The highest BCUT2D eigenvalue weighted by Gasteiger charge is 2.15. The molecule has 0 amide bonds. The van der Waals surface area contributed by atoms with Gasteiger partial charge in [0.25, 0.3) is 0 Å². The molecule has 2 rings (SSSR count). The molecule has 1 aromatic heterocycles. The Balaban J connectivity index is 1.76. The van der Waals surface area contributed by atoms with Crippen LogP contribution < -0.4 is 5.32 Å². The normalized spacial score (nSPS) is 17.5. The minimum atomic E-state index is 0.145. The van der Waals surface area contributed by atoms with Crippen LogP contribution in [0.4, 0.5) is 0 Å². The standard InChI is InChI=1S/C13H24N4O/c1-16(9-12-2-4-14-5-3-12)10-13-8-15-17(11-13)6-7-18/h8,11-12,14,18H,2-7,9-10H2,1H3. The van der Waals surface area contributed by atoms with Crippen molar-refractivity contribution in [3.8, 4) is 0 Å². The summed E-state index contributed by atoms with van der Waals surface area (Å²) in [5, 5.41) is 16.5. The third kappa shape index (κ3) is 4.08. The summed E-state index contributed by atoms with van der Waals surface area (Å²) in [7, 11) is 2.17. The van der Waals surface area contributed by atoms with Gasteiger partial charge >= 0.3 is 0 Å². The van der Waals surface area contributed by atoms with Crippen LogP contribution in [-0.2, 0) is 13.1 Å². The number of aliphatic hydroxyl groups excluding tert-OH is 1. The summed E-state index contributed by atoms with van der Waals surface area (Å²) < 4.78 is 1.80. The summed E-state index contributed by atoms with van der Waals surface area (Å²) in [6.07, 6.45) is 6.49. The van der Waals surface area contributed by atoms with Crippen LogP contribution in [0.1, 0.15) is 18.4 Å². The van der Waals surface area contributed by atoms with Crippen LogP contribution in [0, 0.1) is 5.92 Å². The lowest BCUT2D eigenvalue weighted by molar-refractivity contribution is 0.234. The summed E-state index contributed by atoms with van der Waals surface area (Å²) in [5.41, 5.74) is 1.22. The molecular formula is C13H24N4O. The van der Waals surface area contributed by atoms with Gasteiger partial charge in [-0.05, 0) is 38.9 Å². The van der Waals surface area contributed by atoms with Gasteiger partial charge in [-0.1, -0.05) is 0 Å².